The molecule has 0 saturated heterocycles. The first-order chi connectivity index (χ1) is 31.0. The summed E-state index contributed by atoms with van der Waals surface area (Å²) in [4.78, 5) is 0. The predicted octanol–water partition coefficient (Wildman–Crippen LogP) is 13.3. The van der Waals surface area contributed by atoms with Crippen LogP contribution in [0.2, 0.25) is 0 Å². The Morgan fingerprint density at radius 3 is 1.09 bits per heavy atom. The maximum Gasteiger partial charge on any atom is 0.633 e. The average Bonchev–Trinajstić information content (AvgIpc) is 3.28. The van der Waals surface area contributed by atoms with Crippen molar-refractivity contribution >= 4 is 66.4 Å². The van der Waals surface area contributed by atoms with Crippen molar-refractivity contribution in [3.8, 4) is 22.6 Å². The quantitative estimate of drug-likeness (QED) is 0.0413. The van der Waals surface area contributed by atoms with Crippen LogP contribution in [0.15, 0.2) is 36.4 Å². The number of hydrogen-bond acceptors (Lipinski definition) is 2. The molecule has 0 aromatic heterocycles. The van der Waals surface area contributed by atoms with Gasteiger partial charge in [-0.05, 0) is 11.6 Å². The maximum absolute atomic E-state index is 16.4. The smallest absolute Gasteiger partial charge is 0.519 e. The van der Waals surface area contributed by atoms with Gasteiger partial charge >= 0.3 is 7.12 Å². The zero-order chi connectivity index (χ0) is 48.0. The van der Waals surface area contributed by atoms with E-state index in [0.29, 0.717) is 12.1 Å². The third kappa shape index (κ3) is 5.71. The van der Waals surface area contributed by atoms with E-state index in [9.17, 15) is 26.3 Å². The predicted molar refractivity (Wildman–Crippen MR) is 189 cm³/mol. The molecule has 24 heteroatoms. The molecule has 9 rings (SSSR count). The number of fused-ring (bicyclic) bond motifs is 2. The molecule has 0 atom stereocenters. The normalized spacial score (nSPS) is 12.0. The summed E-state index contributed by atoms with van der Waals surface area (Å²) in [5.41, 5.74) is -3.49. The number of benzene rings is 9. The van der Waals surface area contributed by atoms with Crippen molar-refractivity contribution in [2.24, 2.45) is 0 Å². The second-order valence-corrected chi connectivity index (χ2v) is 14.0. The number of rotatable bonds is 6. The molecule has 0 amide bonds. The van der Waals surface area contributed by atoms with Crippen molar-refractivity contribution in [1.29, 1.82) is 0 Å². The van der Waals surface area contributed by atoms with Crippen LogP contribution in [0.4, 0.5) is 92.2 Å². The van der Waals surface area contributed by atoms with Gasteiger partial charge in [-0.2, -0.15) is 8.78 Å². The summed E-state index contributed by atoms with van der Waals surface area (Å²) in [6, 6.07) is 3.03. The summed E-state index contributed by atoms with van der Waals surface area (Å²) < 4.78 is 333. The first-order valence-electron chi connectivity index (χ1n) is 17.6. The lowest BCUT2D eigenvalue weighted by molar-refractivity contribution is 0.382. The molecule has 0 radical (unpaired) electrons. The molecule has 2 nitrogen and oxygen atoms in total. The topological polar surface area (TPSA) is 18.5 Å². The molecule has 0 spiro atoms. The average molecular weight is 952 g/mol. The first-order valence-corrected chi connectivity index (χ1v) is 17.6. The highest BCUT2D eigenvalue weighted by atomic mass is 19.2. The lowest BCUT2D eigenvalue weighted by Gasteiger charge is -2.24. The molecule has 9 aromatic carbocycles. The second kappa shape index (κ2) is 14.9. The van der Waals surface area contributed by atoms with Gasteiger partial charge in [-0.15, -0.1) is 0 Å². The maximum atomic E-state index is 16.4. The molecule has 0 heterocycles. The lowest BCUT2D eigenvalue weighted by atomic mass is 9.73. The van der Waals surface area contributed by atoms with Gasteiger partial charge in [-0.1, -0.05) is 24.3 Å². The van der Waals surface area contributed by atoms with Crippen LogP contribution < -0.4 is 14.8 Å². The SMILES string of the molecule is Fc1cc(F)c(F)c(-c2ccccc2B(Oc2c(F)c(F)c(F)c3c(F)c4c(F)c(F)c(F)c(F)c4c(F)c23)Oc2c(F)c(F)c3c(F)c(F)c4c(F)c(F)c(F)c5c(F)c(F)c2c3c45)c1. The number of halogens is 21. The van der Waals surface area contributed by atoms with Gasteiger partial charge in [0.1, 0.15) is 17.5 Å². The Kier molecular flexibility index (Phi) is 9.91. The van der Waals surface area contributed by atoms with Gasteiger partial charge in [0.05, 0.1) is 43.1 Å². The Morgan fingerprint density at radius 2 is 0.591 bits per heavy atom. The first kappa shape index (κ1) is 44.0. The van der Waals surface area contributed by atoms with Crippen molar-refractivity contribution in [2.75, 3.05) is 0 Å². The van der Waals surface area contributed by atoms with Crippen molar-refractivity contribution in [1.82, 2.24) is 0 Å². The van der Waals surface area contributed by atoms with E-state index in [2.05, 4.69) is 0 Å². The van der Waals surface area contributed by atoms with Gasteiger partial charge < -0.3 is 9.31 Å². The minimum Gasteiger partial charge on any atom is -0.519 e. The standard InChI is InChI=1S/C42H6BF21O2/c44-7-5-9(22(46)11(45)6-7)8-3-1-2-4-10(8)43(66-42-21-19(32(56)38(62)40(42)64)23(47)17-18(24(21)48)31(55)37(61)36(60)30(17)54)65-41-20-13-12-14(25(49)26(50)16(13)33(57)39(41)63)28(52)35(59)29(53)15(12)27(51)34(20)58/h1-6H. The molecule has 0 N–H and O–H groups in total. The van der Waals surface area contributed by atoms with Crippen LogP contribution in [0.25, 0.3) is 65.0 Å². The van der Waals surface area contributed by atoms with Gasteiger partial charge in [0.25, 0.3) is 0 Å². The molecule has 0 aliphatic rings. The molecule has 9 aromatic rings. The Bertz CT molecular complexity index is 3670. The lowest BCUT2D eigenvalue weighted by Crippen LogP contribution is -2.44. The summed E-state index contributed by atoms with van der Waals surface area (Å²) in [6.45, 7) is 0. The Labute approximate surface area is 349 Å². The van der Waals surface area contributed by atoms with Crippen molar-refractivity contribution < 1.29 is 102 Å². The van der Waals surface area contributed by atoms with Crippen LogP contribution >= 0.6 is 0 Å². The van der Waals surface area contributed by atoms with E-state index in [4.69, 9.17) is 9.31 Å². The fourth-order valence-corrected chi connectivity index (χ4v) is 7.73. The molecular weight excluding hydrogens is 946 g/mol. The second-order valence-electron chi connectivity index (χ2n) is 14.0. The van der Waals surface area contributed by atoms with Crippen LogP contribution in [-0.2, 0) is 0 Å². The van der Waals surface area contributed by atoms with Crippen LogP contribution in [-0.4, -0.2) is 7.12 Å². The summed E-state index contributed by atoms with van der Waals surface area (Å²) in [5, 5.41) is -20.9. The van der Waals surface area contributed by atoms with Crippen molar-refractivity contribution in [3.05, 3.63) is 159 Å². The third-order valence-corrected chi connectivity index (χ3v) is 10.6. The monoisotopic (exact) mass is 952 g/mol. The van der Waals surface area contributed by atoms with Gasteiger partial charge in [0.15, 0.2) is 110 Å². The summed E-state index contributed by atoms with van der Waals surface area (Å²) in [5.74, 6) is -60.0. The summed E-state index contributed by atoms with van der Waals surface area (Å²) in [6.07, 6.45) is 0. The van der Waals surface area contributed by atoms with Crippen LogP contribution in [0.1, 0.15) is 0 Å². The number of hydrogen-bond donors (Lipinski definition) is 0. The zero-order valence-corrected chi connectivity index (χ0v) is 30.8. The highest BCUT2D eigenvalue weighted by molar-refractivity contribution is 6.64. The summed E-state index contributed by atoms with van der Waals surface area (Å²) in [7, 11) is -3.40. The molecule has 0 aliphatic carbocycles. The minimum absolute atomic E-state index is 0.0349. The largest absolute Gasteiger partial charge is 0.633 e. The molecule has 0 unspecified atom stereocenters. The molecule has 0 aliphatic heterocycles. The fraction of sp³-hybridized carbons (Fsp3) is 0. The third-order valence-electron chi connectivity index (χ3n) is 10.6. The Hall–Kier alpha value is -7.27. The van der Waals surface area contributed by atoms with Gasteiger partial charge in [-0.25, -0.2) is 83.4 Å². The van der Waals surface area contributed by atoms with Crippen LogP contribution in [0.3, 0.4) is 0 Å². The van der Waals surface area contributed by atoms with E-state index < -0.39 is 211 Å². The van der Waals surface area contributed by atoms with E-state index in [1.807, 2.05) is 0 Å². The molecule has 0 saturated carbocycles. The molecule has 66 heavy (non-hydrogen) atoms. The Morgan fingerprint density at radius 1 is 0.273 bits per heavy atom. The molecule has 336 valence electrons. The van der Waals surface area contributed by atoms with E-state index in [0.717, 1.165) is 12.1 Å². The van der Waals surface area contributed by atoms with Crippen molar-refractivity contribution in [3.63, 3.8) is 0 Å². The van der Waals surface area contributed by atoms with Crippen LogP contribution in [0.5, 0.6) is 11.5 Å². The highest BCUT2D eigenvalue weighted by Crippen LogP contribution is 2.49. The van der Waals surface area contributed by atoms with E-state index in [-0.39, 0.29) is 12.1 Å². The van der Waals surface area contributed by atoms with Gasteiger partial charge in [0.2, 0.25) is 5.82 Å². The molecule has 0 bridgehead atoms. The highest BCUT2D eigenvalue weighted by Gasteiger charge is 2.41. The molecular formula is C42H6BF21O2. The fourth-order valence-electron chi connectivity index (χ4n) is 7.73. The minimum atomic E-state index is -3.40. The van der Waals surface area contributed by atoms with E-state index >= 15 is 65.9 Å². The van der Waals surface area contributed by atoms with Crippen molar-refractivity contribution in [2.45, 2.75) is 0 Å². The van der Waals surface area contributed by atoms with Gasteiger partial charge in [-0.3, -0.25) is 0 Å². The van der Waals surface area contributed by atoms with Crippen LogP contribution in [0, 0.1) is 122 Å². The van der Waals surface area contributed by atoms with Gasteiger partial charge in [0, 0.05) is 27.9 Å². The van der Waals surface area contributed by atoms with E-state index in [1.165, 1.54) is 0 Å². The summed E-state index contributed by atoms with van der Waals surface area (Å²) >= 11 is 0. The molecule has 0 fully saturated rings. The zero-order valence-electron chi connectivity index (χ0n) is 30.8. The van der Waals surface area contributed by atoms with E-state index in [1.54, 1.807) is 0 Å². The Balaban J connectivity index is 1.43.